The molecule has 0 aromatic carbocycles. The number of pyridine rings is 1. The quantitative estimate of drug-likeness (QED) is 0.867. The van der Waals surface area contributed by atoms with E-state index in [4.69, 9.17) is 4.74 Å². The van der Waals surface area contributed by atoms with E-state index in [2.05, 4.69) is 5.32 Å². The zero-order valence-electron chi connectivity index (χ0n) is 11.9. The average Bonchev–Trinajstić information content (AvgIpc) is 2.26. The number of rotatable bonds is 2. The molecule has 2 rings (SSSR count). The molecule has 1 saturated carbocycles. The maximum atomic E-state index is 12.2. The van der Waals surface area contributed by atoms with Crippen LogP contribution in [-0.4, -0.2) is 27.5 Å². The lowest BCUT2D eigenvalue weighted by atomic mass is 9.89. The third kappa shape index (κ3) is 3.39. The molecule has 0 radical (unpaired) electrons. The van der Waals surface area contributed by atoms with Crippen LogP contribution in [0.1, 0.15) is 39.7 Å². The molecule has 1 amide bonds. The Morgan fingerprint density at radius 1 is 1.45 bits per heavy atom. The minimum absolute atomic E-state index is 0.00196. The maximum absolute atomic E-state index is 12.2. The summed E-state index contributed by atoms with van der Waals surface area (Å²) in [5.41, 5.74) is -0.714. The van der Waals surface area contributed by atoms with Gasteiger partial charge in [-0.1, -0.05) is 0 Å². The Morgan fingerprint density at radius 2 is 2.10 bits per heavy atom. The van der Waals surface area contributed by atoms with E-state index in [9.17, 15) is 14.7 Å². The van der Waals surface area contributed by atoms with Crippen molar-refractivity contribution in [2.45, 2.75) is 51.4 Å². The van der Waals surface area contributed by atoms with Crippen molar-refractivity contribution in [2.24, 2.45) is 0 Å². The molecule has 0 unspecified atom stereocenters. The van der Waals surface area contributed by atoms with Gasteiger partial charge in [0.15, 0.2) is 0 Å². The summed E-state index contributed by atoms with van der Waals surface area (Å²) >= 11 is 0. The lowest BCUT2D eigenvalue weighted by Crippen LogP contribution is -2.37. The fourth-order valence-corrected chi connectivity index (χ4v) is 2.09. The van der Waals surface area contributed by atoms with Crippen LogP contribution in [0.3, 0.4) is 0 Å². The molecular formula is C14H20N2O4. The van der Waals surface area contributed by atoms with Crippen LogP contribution in [0.5, 0.6) is 0 Å². The average molecular weight is 280 g/mol. The highest BCUT2D eigenvalue weighted by molar-refractivity contribution is 5.84. The summed E-state index contributed by atoms with van der Waals surface area (Å²) in [6.07, 6.45) is 1.81. The Hall–Kier alpha value is -1.82. The van der Waals surface area contributed by atoms with Gasteiger partial charge in [0.2, 0.25) is 0 Å². The van der Waals surface area contributed by atoms with Gasteiger partial charge in [0.25, 0.3) is 5.56 Å². The number of anilines is 1. The van der Waals surface area contributed by atoms with Crippen molar-refractivity contribution in [3.8, 4) is 0 Å². The second-order valence-corrected chi connectivity index (χ2v) is 6.04. The number of carbonyl (C=O) groups is 1. The van der Waals surface area contributed by atoms with E-state index in [1.807, 2.05) is 0 Å². The smallest absolute Gasteiger partial charge is 0.412 e. The summed E-state index contributed by atoms with van der Waals surface area (Å²) in [6.45, 7) is 5.27. The standard InChI is InChI=1S/C14H20N2O4/c1-14(2,3)20-13(19)15-11-5-4-6-16(12(11)18)9-7-10(17)8-9/h4-6,9-10,17H,7-8H2,1-3H3,(H,15,19)/t9-,10+. The first-order chi connectivity index (χ1) is 9.26. The number of aromatic nitrogens is 1. The predicted molar refractivity (Wildman–Crippen MR) is 74.8 cm³/mol. The van der Waals surface area contributed by atoms with Gasteiger partial charge in [-0.2, -0.15) is 0 Å². The minimum atomic E-state index is -0.652. The molecule has 0 aliphatic heterocycles. The van der Waals surface area contributed by atoms with Crippen molar-refractivity contribution in [1.29, 1.82) is 0 Å². The molecule has 1 aromatic heterocycles. The van der Waals surface area contributed by atoms with Gasteiger partial charge in [0.05, 0.1) is 6.10 Å². The summed E-state index contributed by atoms with van der Waals surface area (Å²) in [5.74, 6) is 0. The summed E-state index contributed by atoms with van der Waals surface area (Å²) < 4.78 is 6.66. The summed E-state index contributed by atoms with van der Waals surface area (Å²) in [4.78, 5) is 23.9. The van der Waals surface area contributed by atoms with E-state index >= 15 is 0 Å². The van der Waals surface area contributed by atoms with Crippen LogP contribution < -0.4 is 10.9 Å². The van der Waals surface area contributed by atoms with Crippen LogP contribution >= 0.6 is 0 Å². The number of hydrogen-bond acceptors (Lipinski definition) is 4. The molecule has 1 aliphatic rings. The van der Waals surface area contributed by atoms with E-state index in [0.717, 1.165) is 0 Å². The van der Waals surface area contributed by atoms with Crippen LogP contribution in [0.15, 0.2) is 23.1 Å². The van der Waals surface area contributed by atoms with Crippen LogP contribution in [0.25, 0.3) is 0 Å². The Balaban J connectivity index is 2.11. The van der Waals surface area contributed by atoms with Crippen molar-refractivity contribution in [2.75, 3.05) is 5.32 Å². The predicted octanol–water partition coefficient (Wildman–Crippen LogP) is 1.89. The lowest BCUT2D eigenvalue weighted by Gasteiger charge is -2.33. The van der Waals surface area contributed by atoms with Crippen LogP contribution in [0.4, 0.5) is 10.5 Å². The van der Waals surface area contributed by atoms with Gasteiger partial charge >= 0.3 is 6.09 Å². The number of nitrogens with one attached hydrogen (secondary N) is 1. The molecule has 0 atom stereocenters. The number of hydrogen-bond donors (Lipinski definition) is 2. The maximum Gasteiger partial charge on any atom is 0.412 e. The fraction of sp³-hybridized carbons (Fsp3) is 0.571. The summed E-state index contributed by atoms with van der Waals surface area (Å²) in [5, 5.41) is 11.8. The summed E-state index contributed by atoms with van der Waals surface area (Å²) in [7, 11) is 0. The van der Waals surface area contributed by atoms with Gasteiger partial charge in [-0.05, 0) is 45.7 Å². The number of aliphatic hydroxyl groups is 1. The molecule has 0 bridgehead atoms. The number of nitrogens with zero attached hydrogens (tertiary/aromatic N) is 1. The molecule has 0 spiro atoms. The van der Waals surface area contributed by atoms with Crippen LogP contribution in [-0.2, 0) is 4.74 Å². The van der Waals surface area contributed by atoms with Crippen LogP contribution in [0.2, 0.25) is 0 Å². The zero-order chi connectivity index (χ0) is 14.9. The molecule has 2 N–H and O–H groups in total. The second-order valence-electron chi connectivity index (χ2n) is 6.04. The largest absolute Gasteiger partial charge is 0.444 e. The van der Waals surface area contributed by atoms with Gasteiger partial charge < -0.3 is 14.4 Å². The summed E-state index contributed by atoms with van der Waals surface area (Å²) in [6, 6.07) is 3.23. The first-order valence-electron chi connectivity index (χ1n) is 6.65. The third-order valence-electron chi connectivity index (χ3n) is 3.09. The van der Waals surface area contributed by atoms with E-state index in [1.54, 1.807) is 37.6 Å². The highest BCUT2D eigenvalue weighted by Crippen LogP contribution is 2.30. The third-order valence-corrected chi connectivity index (χ3v) is 3.09. The van der Waals surface area contributed by atoms with Gasteiger partial charge in [0, 0.05) is 12.2 Å². The van der Waals surface area contributed by atoms with E-state index in [1.165, 1.54) is 6.07 Å². The van der Waals surface area contributed by atoms with Gasteiger partial charge in [0.1, 0.15) is 11.3 Å². The van der Waals surface area contributed by atoms with Gasteiger partial charge in [-0.25, -0.2) is 4.79 Å². The number of ether oxygens (including phenoxy) is 1. The first kappa shape index (κ1) is 14.6. The van der Waals surface area contributed by atoms with Crippen molar-refractivity contribution in [1.82, 2.24) is 4.57 Å². The highest BCUT2D eigenvalue weighted by Gasteiger charge is 2.29. The van der Waals surface area contributed by atoms with Crippen molar-refractivity contribution < 1.29 is 14.6 Å². The normalized spacial score (nSPS) is 22.0. The Labute approximate surface area is 117 Å². The zero-order valence-corrected chi connectivity index (χ0v) is 11.9. The highest BCUT2D eigenvalue weighted by atomic mass is 16.6. The molecule has 6 heteroatoms. The molecule has 20 heavy (non-hydrogen) atoms. The van der Waals surface area contributed by atoms with Crippen molar-refractivity contribution >= 4 is 11.8 Å². The molecule has 1 aliphatic carbocycles. The Kier molecular flexibility index (Phi) is 3.85. The van der Waals surface area contributed by atoms with Crippen molar-refractivity contribution in [3.63, 3.8) is 0 Å². The lowest BCUT2D eigenvalue weighted by molar-refractivity contribution is 0.0470. The van der Waals surface area contributed by atoms with Crippen molar-refractivity contribution in [3.05, 3.63) is 28.7 Å². The molecule has 6 nitrogen and oxygen atoms in total. The number of carbonyl (C=O) groups excluding carboxylic acids is 1. The van der Waals surface area contributed by atoms with E-state index < -0.39 is 11.7 Å². The SMILES string of the molecule is CC(C)(C)OC(=O)Nc1cccn([C@H]2C[C@@H](O)C2)c1=O. The van der Waals surface area contributed by atoms with Gasteiger partial charge in [-0.3, -0.25) is 10.1 Å². The molecule has 1 aromatic rings. The molecule has 0 saturated heterocycles. The minimum Gasteiger partial charge on any atom is -0.444 e. The molecular weight excluding hydrogens is 260 g/mol. The van der Waals surface area contributed by atoms with Gasteiger partial charge in [-0.15, -0.1) is 0 Å². The Morgan fingerprint density at radius 3 is 2.65 bits per heavy atom. The molecule has 1 heterocycles. The Bertz CT molecular complexity index is 553. The number of aliphatic hydroxyl groups excluding tert-OH is 1. The first-order valence-corrected chi connectivity index (χ1v) is 6.65. The fourth-order valence-electron chi connectivity index (χ4n) is 2.09. The topological polar surface area (TPSA) is 80.6 Å². The second kappa shape index (κ2) is 5.28. The monoisotopic (exact) mass is 280 g/mol. The molecule has 110 valence electrons. The number of amides is 1. The van der Waals surface area contributed by atoms with E-state index in [0.29, 0.717) is 12.8 Å². The van der Waals surface area contributed by atoms with E-state index in [-0.39, 0.29) is 23.4 Å². The van der Waals surface area contributed by atoms with Crippen LogP contribution in [0, 0.1) is 0 Å². The molecule has 1 fully saturated rings.